The number of hydrogen-bond acceptors (Lipinski definition) is 2. The Morgan fingerprint density at radius 1 is 1.60 bits per heavy atom. The van der Waals surface area contributed by atoms with Crippen molar-refractivity contribution in [2.45, 2.75) is 19.4 Å². The first-order chi connectivity index (χ1) is 7.04. The fraction of sp³-hybridized carbons (Fsp3) is 0.364. The molecule has 0 aliphatic carbocycles. The van der Waals surface area contributed by atoms with Crippen LogP contribution in [0.15, 0.2) is 18.2 Å². The maximum absolute atomic E-state index is 12.9. The number of carboxylic acids is 1. The average molecular weight is 212 g/mol. The number of carbonyl (C=O) groups is 1. The number of carboxylic acid groups (broad SMARTS) is 1. The van der Waals surface area contributed by atoms with Crippen molar-refractivity contribution in [3.8, 4) is 0 Å². The van der Waals surface area contributed by atoms with E-state index in [9.17, 15) is 9.18 Å². The molecule has 0 radical (unpaired) electrons. The molecule has 1 rings (SSSR count). The third-order valence-electron chi connectivity index (χ3n) is 2.20. The van der Waals surface area contributed by atoms with Crippen molar-refractivity contribution in [1.82, 2.24) is 0 Å². The fourth-order valence-corrected chi connectivity index (χ4v) is 1.32. The van der Waals surface area contributed by atoms with Crippen LogP contribution in [0.5, 0.6) is 0 Å². The van der Waals surface area contributed by atoms with Gasteiger partial charge in [-0.05, 0) is 24.1 Å². The lowest BCUT2D eigenvalue weighted by Gasteiger charge is -2.10. The monoisotopic (exact) mass is 212 g/mol. The Morgan fingerprint density at radius 2 is 2.27 bits per heavy atom. The molecule has 3 nitrogen and oxygen atoms in total. The summed E-state index contributed by atoms with van der Waals surface area (Å²) in [5, 5.41) is 8.76. The van der Waals surface area contributed by atoms with E-state index in [1.807, 2.05) is 0 Å². The van der Waals surface area contributed by atoms with E-state index in [4.69, 9.17) is 9.84 Å². The summed E-state index contributed by atoms with van der Waals surface area (Å²) in [4.78, 5) is 10.7. The van der Waals surface area contributed by atoms with E-state index in [1.54, 1.807) is 19.1 Å². The Balaban J connectivity index is 2.80. The summed E-state index contributed by atoms with van der Waals surface area (Å²) in [6, 6.07) is 4.53. The van der Waals surface area contributed by atoms with Crippen LogP contribution in [0.2, 0.25) is 0 Å². The lowest BCUT2D eigenvalue weighted by Crippen LogP contribution is -2.24. The fourth-order valence-electron chi connectivity index (χ4n) is 1.32. The van der Waals surface area contributed by atoms with Crippen LogP contribution in [0.1, 0.15) is 11.1 Å². The van der Waals surface area contributed by atoms with E-state index < -0.39 is 12.1 Å². The molecule has 1 atom stereocenters. The van der Waals surface area contributed by atoms with Gasteiger partial charge in [0.05, 0.1) is 0 Å². The number of methoxy groups -OCH3 is 1. The Kier molecular flexibility index (Phi) is 3.80. The lowest BCUT2D eigenvalue weighted by atomic mass is 10.1. The predicted octanol–water partition coefficient (Wildman–Crippen LogP) is 1.78. The van der Waals surface area contributed by atoms with Gasteiger partial charge in [-0.1, -0.05) is 12.1 Å². The molecule has 0 saturated heterocycles. The molecule has 1 aromatic carbocycles. The molecule has 0 aliphatic rings. The number of halogens is 1. The van der Waals surface area contributed by atoms with Crippen molar-refractivity contribution in [1.29, 1.82) is 0 Å². The molecule has 0 aromatic heterocycles. The summed E-state index contributed by atoms with van der Waals surface area (Å²) in [6.45, 7) is 1.64. The van der Waals surface area contributed by atoms with E-state index in [-0.39, 0.29) is 12.2 Å². The Morgan fingerprint density at radius 3 is 2.73 bits per heavy atom. The molecule has 0 bridgehead atoms. The molecule has 82 valence electrons. The van der Waals surface area contributed by atoms with E-state index >= 15 is 0 Å². The second-order valence-corrected chi connectivity index (χ2v) is 3.35. The highest BCUT2D eigenvalue weighted by Gasteiger charge is 2.16. The van der Waals surface area contributed by atoms with Crippen LogP contribution in [0, 0.1) is 12.7 Å². The summed E-state index contributed by atoms with van der Waals surface area (Å²) in [7, 11) is 1.34. The van der Waals surface area contributed by atoms with Gasteiger partial charge in [-0.2, -0.15) is 0 Å². The van der Waals surface area contributed by atoms with Crippen LogP contribution >= 0.6 is 0 Å². The normalized spacial score (nSPS) is 12.5. The zero-order valence-corrected chi connectivity index (χ0v) is 8.66. The molecular weight excluding hydrogens is 199 g/mol. The number of aryl methyl sites for hydroxylation is 1. The lowest BCUT2D eigenvalue weighted by molar-refractivity contribution is -0.148. The Hall–Kier alpha value is -1.42. The predicted molar refractivity (Wildman–Crippen MR) is 53.3 cm³/mol. The second kappa shape index (κ2) is 4.89. The van der Waals surface area contributed by atoms with Crippen LogP contribution in [0.25, 0.3) is 0 Å². The van der Waals surface area contributed by atoms with Crippen LogP contribution < -0.4 is 0 Å². The van der Waals surface area contributed by atoms with E-state index in [1.165, 1.54) is 13.2 Å². The molecular formula is C11H13FO3. The smallest absolute Gasteiger partial charge is 0.333 e. The summed E-state index contributed by atoms with van der Waals surface area (Å²) in [5.41, 5.74) is 1.26. The number of ether oxygens (including phenoxy) is 1. The van der Waals surface area contributed by atoms with Gasteiger partial charge < -0.3 is 9.84 Å². The van der Waals surface area contributed by atoms with Crippen molar-refractivity contribution in [3.05, 3.63) is 35.1 Å². The molecule has 1 N–H and O–H groups in total. The minimum Gasteiger partial charge on any atom is -0.479 e. The van der Waals surface area contributed by atoms with Gasteiger partial charge >= 0.3 is 5.97 Å². The summed E-state index contributed by atoms with van der Waals surface area (Å²) in [5.74, 6) is -1.30. The minimum atomic E-state index is -1.01. The molecule has 0 heterocycles. The van der Waals surface area contributed by atoms with Crippen molar-refractivity contribution in [2.75, 3.05) is 7.11 Å². The zero-order chi connectivity index (χ0) is 11.4. The third kappa shape index (κ3) is 3.02. The molecule has 1 unspecified atom stereocenters. The second-order valence-electron chi connectivity index (χ2n) is 3.35. The van der Waals surface area contributed by atoms with Gasteiger partial charge in [0.15, 0.2) is 6.10 Å². The molecule has 1 aromatic rings. The van der Waals surface area contributed by atoms with E-state index in [0.717, 1.165) is 5.56 Å². The van der Waals surface area contributed by atoms with Crippen LogP contribution in [-0.4, -0.2) is 24.3 Å². The highest BCUT2D eigenvalue weighted by molar-refractivity contribution is 5.72. The van der Waals surface area contributed by atoms with Crippen molar-refractivity contribution in [3.63, 3.8) is 0 Å². The largest absolute Gasteiger partial charge is 0.479 e. The summed E-state index contributed by atoms with van der Waals surface area (Å²) < 4.78 is 17.7. The summed E-state index contributed by atoms with van der Waals surface area (Å²) >= 11 is 0. The highest BCUT2D eigenvalue weighted by Crippen LogP contribution is 2.12. The number of aliphatic carboxylic acids is 1. The van der Waals surface area contributed by atoms with E-state index in [0.29, 0.717) is 5.56 Å². The maximum atomic E-state index is 12.9. The molecule has 0 spiro atoms. The van der Waals surface area contributed by atoms with E-state index in [2.05, 4.69) is 0 Å². The first kappa shape index (κ1) is 11.7. The van der Waals surface area contributed by atoms with Gasteiger partial charge in [0.2, 0.25) is 0 Å². The third-order valence-corrected chi connectivity index (χ3v) is 2.20. The number of rotatable bonds is 4. The van der Waals surface area contributed by atoms with Gasteiger partial charge in [-0.25, -0.2) is 9.18 Å². The molecule has 4 heteroatoms. The molecule has 15 heavy (non-hydrogen) atoms. The molecule has 0 saturated carbocycles. The van der Waals surface area contributed by atoms with Crippen molar-refractivity contribution in [2.24, 2.45) is 0 Å². The zero-order valence-electron chi connectivity index (χ0n) is 8.66. The standard InChI is InChI=1S/C11H13FO3/c1-7-5-8(3-4-9(7)12)6-10(15-2)11(13)14/h3-5,10H,6H2,1-2H3,(H,13,14). The Bertz CT molecular complexity index is 363. The van der Waals surface area contributed by atoms with Crippen molar-refractivity contribution >= 4 is 5.97 Å². The topological polar surface area (TPSA) is 46.5 Å². The van der Waals surface area contributed by atoms with Gasteiger partial charge in [0.25, 0.3) is 0 Å². The van der Waals surface area contributed by atoms with Crippen LogP contribution in [-0.2, 0) is 16.0 Å². The first-order valence-corrected chi connectivity index (χ1v) is 4.55. The van der Waals surface area contributed by atoms with Gasteiger partial charge in [-0.3, -0.25) is 0 Å². The van der Waals surface area contributed by atoms with Gasteiger partial charge in [0.1, 0.15) is 5.82 Å². The molecule has 0 fully saturated rings. The molecule has 0 amide bonds. The Labute approximate surface area is 87.5 Å². The maximum Gasteiger partial charge on any atom is 0.333 e. The molecule has 0 aliphatic heterocycles. The highest BCUT2D eigenvalue weighted by atomic mass is 19.1. The average Bonchev–Trinajstić information content (AvgIpc) is 2.19. The quantitative estimate of drug-likeness (QED) is 0.827. The number of hydrogen-bond donors (Lipinski definition) is 1. The van der Waals surface area contributed by atoms with Crippen molar-refractivity contribution < 1.29 is 19.0 Å². The number of benzene rings is 1. The minimum absolute atomic E-state index is 0.243. The first-order valence-electron chi connectivity index (χ1n) is 4.55. The van der Waals surface area contributed by atoms with Gasteiger partial charge in [0, 0.05) is 13.5 Å². The van der Waals surface area contributed by atoms with Crippen LogP contribution in [0.3, 0.4) is 0 Å². The van der Waals surface area contributed by atoms with Gasteiger partial charge in [-0.15, -0.1) is 0 Å². The SMILES string of the molecule is COC(Cc1ccc(F)c(C)c1)C(=O)O. The van der Waals surface area contributed by atoms with Crippen LogP contribution in [0.4, 0.5) is 4.39 Å². The summed E-state index contributed by atoms with van der Waals surface area (Å²) in [6.07, 6.45) is -0.637.